The van der Waals surface area contributed by atoms with Gasteiger partial charge in [-0.15, -0.1) is 0 Å². The van der Waals surface area contributed by atoms with Gasteiger partial charge in [0.2, 0.25) is 0 Å². The molecule has 0 radical (unpaired) electrons. The zero-order valence-corrected chi connectivity index (χ0v) is 9.72. The van der Waals surface area contributed by atoms with E-state index in [9.17, 15) is 0 Å². The van der Waals surface area contributed by atoms with Crippen molar-refractivity contribution in [3.05, 3.63) is 30.1 Å². The van der Waals surface area contributed by atoms with E-state index in [4.69, 9.17) is 5.11 Å². The monoisotopic (exact) mass is 219 g/mol. The molecule has 0 bridgehead atoms. The van der Waals surface area contributed by atoms with Crippen molar-refractivity contribution < 1.29 is 5.11 Å². The standard InChI is InChI=1S/C12H17N3O/c1-14(9-16)6-5-10-3-4-12-11(7-10)13-8-15(12)2/h3-4,7-8,16H,5-6,9H2,1-2H3. The third kappa shape index (κ3) is 2.23. The average Bonchev–Trinajstić information content (AvgIpc) is 2.67. The Morgan fingerprint density at radius 3 is 3.00 bits per heavy atom. The van der Waals surface area contributed by atoms with Crippen LogP contribution in [0.15, 0.2) is 24.5 Å². The van der Waals surface area contributed by atoms with Gasteiger partial charge < -0.3 is 9.67 Å². The molecule has 16 heavy (non-hydrogen) atoms. The number of hydrogen-bond donors (Lipinski definition) is 1. The molecule has 0 spiro atoms. The second-order valence-corrected chi connectivity index (χ2v) is 4.15. The number of nitrogens with zero attached hydrogens (tertiary/aromatic N) is 3. The average molecular weight is 219 g/mol. The molecule has 4 nitrogen and oxygen atoms in total. The number of aromatic nitrogens is 2. The van der Waals surface area contributed by atoms with Gasteiger partial charge in [0.15, 0.2) is 0 Å². The first-order chi connectivity index (χ1) is 7.70. The number of aliphatic hydroxyl groups excluding tert-OH is 1. The number of rotatable bonds is 4. The molecule has 0 unspecified atom stereocenters. The molecule has 4 heteroatoms. The van der Waals surface area contributed by atoms with Crippen LogP contribution in [0.1, 0.15) is 5.56 Å². The maximum atomic E-state index is 8.90. The third-order valence-corrected chi connectivity index (χ3v) is 2.81. The molecule has 0 aliphatic heterocycles. The summed E-state index contributed by atoms with van der Waals surface area (Å²) in [7, 11) is 3.90. The van der Waals surface area contributed by atoms with E-state index in [1.165, 1.54) is 5.56 Å². The number of aliphatic hydroxyl groups is 1. The van der Waals surface area contributed by atoms with Gasteiger partial charge in [-0.25, -0.2) is 4.98 Å². The highest BCUT2D eigenvalue weighted by atomic mass is 16.3. The summed E-state index contributed by atoms with van der Waals surface area (Å²) in [6.07, 6.45) is 2.76. The summed E-state index contributed by atoms with van der Waals surface area (Å²) < 4.78 is 2.01. The second kappa shape index (κ2) is 4.63. The van der Waals surface area contributed by atoms with Gasteiger partial charge in [-0.05, 0) is 31.2 Å². The van der Waals surface area contributed by atoms with Crippen molar-refractivity contribution in [3.8, 4) is 0 Å². The van der Waals surface area contributed by atoms with Crippen LogP contribution in [-0.2, 0) is 13.5 Å². The highest BCUT2D eigenvalue weighted by molar-refractivity contribution is 5.75. The van der Waals surface area contributed by atoms with Crippen LogP contribution in [0.25, 0.3) is 11.0 Å². The minimum Gasteiger partial charge on any atom is -0.381 e. The Kier molecular flexibility index (Phi) is 3.22. The van der Waals surface area contributed by atoms with Crippen LogP contribution in [0.4, 0.5) is 0 Å². The molecule has 0 fully saturated rings. The molecule has 1 aromatic heterocycles. The van der Waals surface area contributed by atoms with Gasteiger partial charge in [0.1, 0.15) is 0 Å². The van der Waals surface area contributed by atoms with E-state index in [1.807, 2.05) is 29.9 Å². The Morgan fingerprint density at radius 2 is 2.25 bits per heavy atom. The van der Waals surface area contributed by atoms with Crippen molar-refractivity contribution in [3.63, 3.8) is 0 Å². The summed E-state index contributed by atoms with van der Waals surface area (Å²) in [6.45, 7) is 0.959. The van der Waals surface area contributed by atoms with Crippen LogP contribution in [0.3, 0.4) is 0 Å². The molecule has 0 atom stereocenters. The molecule has 1 heterocycles. The minimum absolute atomic E-state index is 0.103. The van der Waals surface area contributed by atoms with Gasteiger partial charge in [-0.1, -0.05) is 6.07 Å². The van der Waals surface area contributed by atoms with Crippen LogP contribution in [0.2, 0.25) is 0 Å². The van der Waals surface area contributed by atoms with Crippen molar-refractivity contribution in [2.75, 3.05) is 20.3 Å². The fraction of sp³-hybridized carbons (Fsp3) is 0.417. The van der Waals surface area contributed by atoms with Crippen LogP contribution in [-0.4, -0.2) is 39.9 Å². The number of fused-ring (bicyclic) bond motifs is 1. The molecule has 1 N–H and O–H groups in total. The lowest BCUT2D eigenvalue weighted by molar-refractivity contribution is 0.134. The highest BCUT2D eigenvalue weighted by Crippen LogP contribution is 2.14. The topological polar surface area (TPSA) is 41.3 Å². The SMILES string of the molecule is CN(CO)CCc1ccc2c(c1)ncn2C. The Hall–Kier alpha value is -1.39. The van der Waals surface area contributed by atoms with Crippen molar-refractivity contribution in [2.45, 2.75) is 6.42 Å². The molecular formula is C12H17N3O. The smallest absolute Gasteiger partial charge is 0.0955 e. The zero-order valence-electron chi connectivity index (χ0n) is 9.72. The second-order valence-electron chi connectivity index (χ2n) is 4.15. The molecule has 0 saturated carbocycles. The third-order valence-electron chi connectivity index (χ3n) is 2.81. The van der Waals surface area contributed by atoms with E-state index < -0.39 is 0 Å². The predicted octanol–water partition coefficient (Wildman–Crippen LogP) is 0.997. The van der Waals surface area contributed by atoms with E-state index in [1.54, 1.807) is 0 Å². The number of benzene rings is 1. The van der Waals surface area contributed by atoms with Crippen LogP contribution in [0, 0.1) is 0 Å². The van der Waals surface area contributed by atoms with Gasteiger partial charge in [0.05, 0.1) is 24.1 Å². The van der Waals surface area contributed by atoms with E-state index in [0.717, 1.165) is 24.0 Å². The normalized spacial score (nSPS) is 11.5. The molecule has 0 aliphatic rings. The molecular weight excluding hydrogens is 202 g/mol. The summed E-state index contributed by atoms with van der Waals surface area (Å²) in [5, 5.41) is 8.90. The first-order valence-electron chi connectivity index (χ1n) is 5.40. The molecule has 2 aromatic rings. The summed E-state index contributed by atoms with van der Waals surface area (Å²) >= 11 is 0. The Bertz CT molecular complexity index is 478. The van der Waals surface area contributed by atoms with Crippen LogP contribution >= 0.6 is 0 Å². The fourth-order valence-corrected chi connectivity index (χ4v) is 1.73. The van der Waals surface area contributed by atoms with E-state index in [2.05, 4.69) is 23.2 Å². The predicted molar refractivity (Wildman–Crippen MR) is 64.1 cm³/mol. The van der Waals surface area contributed by atoms with Crippen LogP contribution in [0.5, 0.6) is 0 Å². The van der Waals surface area contributed by atoms with Crippen molar-refractivity contribution in [1.29, 1.82) is 0 Å². The first kappa shape index (κ1) is 11.1. The number of imidazole rings is 1. The van der Waals surface area contributed by atoms with Crippen molar-refractivity contribution in [2.24, 2.45) is 7.05 Å². The highest BCUT2D eigenvalue weighted by Gasteiger charge is 2.02. The van der Waals surface area contributed by atoms with Crippen molar-refractivity contribution in [1.82, 2.24) is 14.5 Å². The quantitative estimate of drug-likeness (QED) is 0.780. The molecule has 1 aromatic carbocycles. The van der Waals surface area contributed by atoms with Crippen LogP contribution < -0.4 is 0 Å². The molecule has 0 amide bonds. The lowest BCUT2D eigenvalue weighted by Gasteiger charge is -2.12. The van der Waals surface area contributed by atoms with Gasteiger partial charge in [0.25, 0.3) is 0 Å². The Morgan fingerprint density at radius 1 is 1.44 bits per heavy atom. The van der Waals surface area contributed by atoms with E-state index in [-0.39, 0.29) is 6.73 Å². The fourth-order valence-electron chi connectivity index (χ4n) is 1.73. The van der Waals surface area contributed by atoms with E-state index in [0.29, 0.717) is 0 Å². The summed E-state index contributed by atoms with van der Waals surface area (Å²) in [5.41, 5.74) is 3.44. The summed E-state index contributed by atoms with van der Waals surface area (Å²) in [5.74, 6) is 0. The summed E-state index contributed by atoms with van der Waals surface area (Å²) in [6, 6.07) is 6.33. The number of likely N-dealkylation sites (N-methyl/N-ethyl adjacent to an activating group) is 1. The van der Waals surface area contributed by atoms with Gasteiger partial charge >= 0.3 is 0 Å². The Labute approximate surface area is 95.1 Å². The maximum absolute atomic E-state index is 8.90. The largest absolute Gasteiger partial charge is 0.381 e. The van der Waals surface area contributed by atoms with Gasteiger partial charge in [-0.3, -0.25) is 4.90 Å². The van der Waals surface area contributed by atoms with Gasteiger partial charge in [0, 0.05) is 13.6 Å². The van der Waals surface area contributed by atoms with Gasteiger partial charge in [-0.2, -0.15) is 0 Å². The number of hydrogen-bond acceptors (Lipinski definition) is 3. The van der Waals surface area contributed by atoms with E-state index >= 15 is 0 Å². The first-order valence-corrected chi connectivity index (χ1v) is 5.40. The lowest BCUT2D eigenvalue weighted by atomic mass is 10.1. The maximum Gasteiger partial charge on any atom is 0.0955 e. The zero-order chi connectivity index (χ0) is 11.5. The molecule has 0 saturated heterocycles. The summed E-state index contributed by atoms with van der Waals surface area (Å²) in [4.78, 5) is 6.20. The Balaban J connectivity index is 2.14. The minimum atomic E-state index is 0.103. The molecule has 2 rings (SSSR count). The lowest BCUT2D eigenvalue weighted by Crippen LogP contribution is -2.21. The molecule has 86 valence electrons. The van der Waals surface area contributed by atoms with Crippen molar-refractivity contribution >= 4 is 11.0 Å². The number of aryl methyl sites for hydroxylation is 1. The molecule has 0 aliphatic carbocycles.